The summed E-state index contributed by atoms with van der Waals surface area (Å²) in [5, 5.41) is 11.7. The molecular formula is C27H33F3N8O. The Hall–Kier alpha value is -4.03. The zero-order valence-electron chi connectivity index (χ0n) is 22.8. The van der Waals surface area contributed by atoms with Gasteiger partial charge < -0.3 is 21.0 Å². The molecular weight excluding hydrogens is 509 g/mol. The molecule has 1 aromatic heterocycles. The largest absolute Gasteiger partial charge is 0.416 e. The molecule has 0 fully saturated rings. The number of anilines is 3. The van der Waals surface area contributed by atoms with Gasteiger partial charge in [0.1, 0.15) is 0 Å². The van der Waals surface area contributed by atoms with Crippen LogP contribution in [-0.2, 0) is 13.2 Å². The molecule has 39 heavy (non-hydrogen) atoms. The molecule has 4 rings (SSSR count). The Kier molecular flexibility index (Phi) is 7.89. The van der Waals surface area contributed by atoms with E-state index in [-0.39, 0.29) is 11.3 Å². The van der Waals surface area contributed by atoms with Crippen molar-refractivity contribution in [3.8, 4) is 0 Å². The van der Waals surface area contributed by atoms with Crippen molar-refractivity contribution in [3.05, 3.63) is 76.2 Å². The normalized spacial score (nSPS) is 13.5. The minimum absolute atomic E-state index is 0.0580. The molecule has 0 saturated heterocycles. The Bertz CT molecular complexity index is 1410. The Morgan fingerprint density at radius 3 is 2.51 bits per heavy atom. The van der Waals surface area contributed by atoms with Crippen molar-refractivity contribution in [3.63, 3.8) is 0 Å². The fraction of sp³-hybridized carbons (Fsp3) is 0.333. The van der Waals surface area contributed by atoms with Crippen molar-refractivity contribution in [1.29, 1.82) is 0 Å². The lowest BCUT2D eigenvalue weighted by Crippen LogP contribution is -2.36. The highest BCUT2D eigenvalue weighted by Gasteiger charge is 2.34. The molecule has 3 aromatic rings. The first kappa shape index (κ1) is 28.0. The maximum Gasteiger partial charge on any atom is 0.416 e. The first-order valence-electron chi connectivity index (χ1n) is 12.4. The van der Waals surface area contributed by atoms with Crippen LogP contribution in [0.3, 0.4) is 0 Å². The van der Waals surface area contributed by atoms with E-state index >= 15 is 0 Å². The lowest BCUT2D eigenvalue weighted by Gasteiger charge is -2.20. The number of benzene rings is 2. The van der Waals surface area contributed by atoms with E-state index in [4.69, 9.17) is 0 Å². The first-order chi connectivity index (χ1) is 18.3. The Balaban J connectivity index is 1.59. The average Bonchev–Trinajstić information content (AvgIpc) is 3.47. The number of aryl methyl sites for hydroxylation is 2. The van der Waals surface area contributed by atoms with Gasteiger partial charge in [-0.1, -0.05) is 6.07 Å². The molecule has 1 amide bonds. The van der Waals surface area contributed by atoms with Crippen molar-refractivity contribution in [2.24, 2.45) is 7.05 Å². The first-order valence-corrected chi connectivity index (χ1v) is 12.4. The number of hydrogen-bond donors (Lipinski definition) is 4. The van der Waals surface area contributed by atoms with Crippen molar-refractivity contribution in [1.82, 2.24) is 25.6 Å². The van der Waals surface area contributed by atoms with Crippen LogP contribution in [0.5, 0.6) is 0 Å². The SMILES string of the molecule is Cc1ccc(C(=O)Nc2cc(NCCN(C)C)c(C)c(C(F)(F)F)c2)cc1N1C=C(c2cnn(C)c2C)NN1. The van der Waals surface area contributed by atoms with Gasteiger partial charge in [0.2, 0.25) is 0 Å². The summed E-state index contributed by atoms with van der Waals surface area (Å²) in [6.07, 6.45) is -0.948. The van der Waals surface area contributed by atoms with Crippen LogP contribution in [0.4, 0.5) is 30.2 Å². The second kappa shape index (κ2) is 11.0. The molecule has 4 N–H and O–H groups in total. The highest BCUT2D eigenvalue weighted by atomic mass is 19.4. The molecule has 12 heteroatoms. The maximum atomic E-state index is 13.8. The Morgan fingerprint density at radius 2 is 1.87 bits per heavy atom. The number of hydrazine groups is 2. The second-order valence-electron chi connectivity index (χ2n) is 9.80. The maximum absolute atomic E-state index is 13.8. The quantitative estimate of drug-likeness (QED) is 0.335. The molecule has 208 valence electrons. The van der Waals surface area contributed by atoms with Gasteiger partial charge in [0.05, 0.1) is 23.1 Å². The molecule has 1 aliphatic heterocycles. The molecule has 2 heterocycles. The summed E-state index contributed by atoms with van der Waals surface area (Å²) in [4.78, 5) is 15.1. The number of alkyl halides is 3. The summed E-state index contributed by atoms with van der Waals surface area (Å²) in [5.41, 5.74) is 10.5. The van der Waals surface area contributed by atoms with Gasteiger partial charge in [-0.2, -0.15) is 18.3 Å². The van der Waals surface area contributed by atoms with Crippen molar-refractivity contribution in [2.75, 3.05) is 42.8 Å². The van der Waals surface area contributed by atoms with Gasteiger partial charge in [0, 0.05) is 54.5 Å². The monoisotopic (exact) mass is 542 g/mol. The zero-order valence-corrected chi connectivity index (χ0v) is 22.8. The fourth-order valence-corrected chi connectivity index (χ4v) is 4.24. The van der Waals surface area contributed by atoms with Crippen LogP contribution in [0.25, 0.3) is 5.70 Å². The molecule has 0 bridgehead atoms. The molecule has 1 aliphatic rings. The number of carbonyl (C=O) groups excluding carboxylic acids is 1. The van der Waals surface area contributed by atoms with Crippen molar-refractivity contribution >= 4 is 28.7 Å². The Morgan fingerprint density at radius 1 is 1.13 bits per heavy atom. The van der Waals surface area contributed by atoms with Crippen LogP contribution in [0.2, 0.25) is 0 Å². The van der Waals surface area contributed by atoms with Gasteiger partial charge in [-0.3, -0.25) is 14.5 Å². The number of hydrogen-bond acceptors (Lipinski definition) is 7. The predicted molar refractivity (Wildman–Crippen MR) is 147 cm³/mol. The number of aromatic nitrogens is 2. The van der Waals surface area contributed by atoms with E-state index in [0.717, 1.165) is 28.6 Å². The number of rotatable bonds is 8. The average molecular weight is 543 g/mol. The Labute approximate surface area is 225 Å². The molecule has 2 aromatic carbocycles. The van der Waals surface area contributed by atoms with E-state index in [1.807, 2.05) is 46.1 Å². The molecule has 0 radical (unpaired) electrons. The van der Waals surface area contributed by atoms with Crippen LogP contribution in [0.1, 0.15) is 38.3 Å². The molecule has 0 spiro atoms. The molecule has 0 unspecified atom stereocenters. The van der Waals surface area contributed by atoms with E-state index in [9.17, 15) is 18.0 Å². The van der Waals surface area contributed by atoms with Gasteiger partial charge in [0.15, 0.2) is 0 Å². The van der Waals surface area contributed by atoms with Crippen LogP contribution >= 0.6 is 0 Å². The van der Waals surface area contributed by atoms with Gasteiger partial charge in [-0.15, -0.1) is 5.53 Å². The standard InChI is InChI=1S/C27H33F3N8O/c1-16-7-8-19(11-25(16)38-15-24(34-35-38)21-14-32-37(6)18(21)3)26(39)33-20-12-22(27(28,29)30)17(2)23(13-20)31-9-10-36(4)5/h7-8,11-15,31,34-35H,9-10H2,1-6H3,(H,33,39). The summed E-state index contributed by atoms with van der Waals surface area (Å²) in [6, 6.07) is 7.62. The molecule has 0 atom stereocenters. The molecule has 9 nitrogen and oxygen atoms in total. The zero-order chi connectivity index (χ0) is 28.5. The number of nitrogens with zero attached hydrogens (tertiary/aromatic N) is 4. The van der Waals surface area contributed by atoms with Gasteiger partial charge in [-0.25, -0.2) is 0 Å². The van der Waals surface area contributed by atoms with Gasteiger partial charge in [-0.05, 0) is 70.3 Å². The van der Waals surface area contributed by atoms with Crippen LogP contribution < -0.4 is 26.6 Å². The van der Waals surface area contributed by atoms with E-state index < -0.39 is 17.6 Å². The summed E-state index contributed by atoms with van der Waals surface area (Å²) in [7, 11) is 5.62. The number of amides is 1. The van der Waals surface area contributed by atoms with E-state index in [0.29, 0.717) is 30.0 Å². The lowest BCUT2D eigenvalue weighted by atomic mass is 10.0. The van der Waals surface area contributed by atoms with Crippen LogP contribution in [0.15, 0.2) is 42.7 Å². The van der Waals surface area contributed by atoms with E-state index in [1.54, 1.807) is 34.1 Å². The summed E-state index contributed by atoms with van der Waals surface area (Å²) in [5.74, 6) is -0.521. The van der Waals surface area contributed by atoms with Gasteiger partial charge in [0.25, 0.3) is 5.91 Å². The smallest absolute Gasteiger partial charge is 0.383 e. The third kappa shape index (κ3) is 6.18. The lowest BCUT2D eigenvalue weighted by molar-refractivity contribution is -0.138. The minimum Gasteiger partial charge on any atom is -0.383 e. The number of nitrogens with one attached hydrogen (secondary N) is 4. The highest BCUT2D eigenvalue weighted by molar-refractivity contribution is 6.05. The number of carbonyl (C=O) groups is 1. The van der Waals surface area contributed by atoms with Gasteiger partial charge >= 0.3 is 6.18 Å². The third-order valence-electron chi connectivity index (χ3n) is 6.67. The van der Waals surface area contributed by atoms with Crippen LogP contribution in [0, 0.1) is 20.8 Å². The van der Waals surface area contributed by atoms with Crippen molar-refractivity contribution in [2.45, 2.75) is 26.9 Å². The number of likely N-dealkylation sites (N-methyl/N-ethyl adjacent to an activating group) is 1. The van der Waals surface area contributed by atoms with E-state index in [2.05, 4.69) is 26.7 Å². The second-order valence-corrected chi connectivity index (χ2v) is 9.80. The van der Waals surface area contributed by atoms with E-state index in [1.165, 1.54) is 13.0 Å². The third-order valence-corrected chi connectivity index (χ3v) is 6.67. The predicted octanol–water partition coefficient (Wildman–Crippen LogP) is 4.42. The molecule has 0 saturated carbocycles. The molecule has 0 aliphatic carbocycles. The van der Waals surface area contributed by atoms with Crippen LogP contribution in [-0.4, -0.2) is 47.8 Å². The fourth-order valence-electron chi connectivity index (χ4n) is 4.24. The summed E-state index contributed by atoms with van der Waals surface area (Å²) in [6.45, 7) is 6.38. The summed E-state index contributed by atoms with van der Waals surface area (Å²) < 4.78 is 43.1. The summed E-state index contributed by atoms with van der Waals surface area (Å²) >= 11 is 0. The highest BCUT2D eigenvalue weighted by Crippen LogP contribution is 2.37. The number of halogens is 3. The minimum atomic E-state index is -4.56. The van der Waals surface area contributed by atoms with Crippen molar-refractivity contribution < 1.29 is 18.0 Å². The topological polar surface area (TPSA) is 89.5 Å².